The van der Waals surface area contributed by atoms with E-state index in [0.717, 1.165) is 6.07 Å². The molecular weight excluding hydrogens is 276 g/mol. The number of ketones is 2. The molecule has 0 aliphatic rings. The molecule has 0 spiro atoms. The molecule has 0 bridgehead atoms. The zero-order valence-corrected chi connectivity index (χ0v) is 11.4. The Morgan fingerprint density at radius 1 is 1.14 bits per heavy atom. The van der Waals surface area contributed by atoms with Crippen LogP contribution in [0, 0.1) is 6.92 Å². The van der Waals surface area contributed by atoms with Gasteiger partial charge in [0.2, 0.25) is 22.7 Å². The van der Waals surface area contributed by atoms with Gasteiger partial charge in [-0.3, -0.25) is 14.4 Å². The molecule has 0 aliphatic heterocycles. The first-order valence-electron chi connectivity index (χ1n) is 6.01. The van der Waals surface area contributed by atoms with E-state index in [1.54, 1.807) is 0 Å². The van der Waals surface area contributed by atoms with Crippen molar-refractivity contribution in [3.63, 3.8) is 0 Å². The van der Waals surface area contributed by atoms with Crippen LogP contribution in [0.25, 0.3) is 0 Å². The van der Waals surface area contributed by atoms with E-state index in [2.05, 4.69) is 0 Å². The minimum Gasteiger partial charge on any atom is -0.501 e. The molecule has 108 valence electrons. The van der Waals surface area contributed by atoms with Gasteiger partial charge in [-0.05, 0) is 31.2 Å². The van der Waals surface area contributed by atoms with Crippen LogP contribution in [0.3, 0.4) is 0 Å². The van der Waals surface area contributed by atoms with Gasteiger partial charge in [0.15, 0.2) is 0 Å². The summed E-state index contributed by atoms with van der Waals surface area (Å²) in [5.74, 6) is -2.83. The molecule has 0 atom stereocenters. The van der Waals surface area contributed by atoms with Crippen LogP contribution in [0.5, 0.6) is 11.5 Å². The summed E-state index contributed by atoms with van der Waals surface area (Å²) in [4.78, 5) is 35.5. The van der Waals surface area contributed by atoms with Crippen molar-refractivity contribution in [2.75, 3.05) is 7.11 Å². The predicted octanol–water partition coefficient (Wildman–Crippen LogP) is 1.73. The molecule has 0 aliphatic carbocycles. The lowest BCUT2D eigenvalue weighted by Gasteiger charge is -2.04. The molecule has 2 rings (SSSR count). The number of methoxy groups -OCH3 is 1. The van der Waals surface area contributed by atoms with E-state index in [1.807, 2.05) is 0 Å². The van der Waals surface area contributed by atoms with Crippen LogP contribution in [0.15, 0.2) is 39.5 Å². The Morgan fingerprint density at radius 2 is 1.76 bits per heavy atom. The minimum atomic E-state index is -1.08. The van der Waals surface area contributed by atoms with E-state index >= 15 is 0 Å². The molecule has 0 radical (unpaired) electrons. The summed E-state index contributed by atoms with van der Waals surface area (Å²) in [6, 6.07) is 6.89. The summed E-state index contributed by atoms with van der Waals surface area (Å²) in [6.07, 6.45) is 0. The standard InChI is InChI=1S/C15H12O6/c1-8-7-11(16)13(18)15(21-8)14(19)12(17)9-3-5-10(20-2)6-4-9/h3-7,18H,1-2H3. The van der Waals surface area contributed by atoms with Gasteiger partial charge in [-0.15, -0.1) is 0 Å². The molecule has 0 unspecified atom stereocenters. The highest BCUT2D eigenvalue weighted by atomic mass is 16.5. The van der Waals surface area contributed by atoms with Crippen molar-refractivity contribution in [3.05, 3.63) is 57.6 Å². The highest BCUT2D eigenvalue weighted by molar-refractivity contribution is 6.49. The molecule has 6 heteroatoms. The van der Waals surface area contributed by atoms with E-state index in [9.17, 15) is 19.5 Å². The van der Waals surface area contributed by atoms with Gasteiger partial charge in [0, 0.05) is 11.6 Å². The molecular formula is C15H12O6. The van der Waals surface area contributed by atoms with Crippen LogP contribution < -0.4 is 10.2 Å². The Morgan fingerprint density at radius 3 is 2.33 bits per heavy atom. The van der Waals surface area contributed by atoms with Gasteiger partial charge in [-0.1, -0.05) is 0 Å². The quantitative estimate of drug-likeness (QED) is 0.680. The fraction of sp³-hybridized carbons (Fsp3) is 0.133. The van der Waals surface area contributed by atoms with Crippen molar-refractivity contribution in [2.24, 2.45) is 0 Å². The highest BCUT2D eigenvalue weighted by Crippen LogP contribution is 2.18. The third-order valence-corrected chi connectivity index (χ3v) is 2.81. The lowest BCUT2D eigenvalue weighted by molar-refractivity contribution is 0.0795. The number of hydrogen-bond donors (Lipinski definition) is 1. The van der Waals surface area contributed by atoms with Gasteiger partial charge in [0.1, 0.15) is 11.5 Å². The van der Waals surface area contributed by atoms with Crippen LogP contribution in [0.1, 0.15) is 26.7 Å². The van der Waals surface area contributed by atoms with Crippen LogP contribution >= 0.6 is 0 Å². The van der Waals surface area contributed by atoms with E-state index in [1.165, 1.54) is 38.3 Å². The number of aryl methyl sites for hydroxylation is 1. The van der Waals surface area contributed by atoms with Crippen LogP contribution in [-0.2, 0) is 0 Å². The van der Waals surface area contributed by atoms with Crippen molar-refractivity contribution in [1.29, 1.82) is 0 Å². The highest BCUT2D eigenvalue weighted by Gasteiger charge is 2.25. The number of benzene rings is 1. The number of aromatic hydroxyl groups is 1. The predicted molar refractivity (Wildman–Crippen MR) is 73.0 cm³/mol. The molecule has 6 nitrogen and oxygen atoms in total. The second-order valence-corrected chi connectivity index (χ2v) is 4.29. The molecule has 1 heterocycles. The molecule has 1 N–H and O–H groups in total. The molecule has 0 saturated carbocycles. The van der Waals surface area contributed by atoms with Crippen LogP contribution in [0.2, 0.25) is 0 Å². The molecule has 0 saturated heterocycles. The molecule has 0 fully saturated rings. The number of carbonyl (C=O) groups excluding carboxylic acids is 2. The lowest BCUT2D eigenvalue weighted by Crippen LogP contribution is -2.17. The van der Waals surface area contributed by atoms with Crippen LogP contribution in [-0.4, -0.2) is 23.8 Å². The molecule has 0 amide bonds. The van der Waals surface area contributed by atoms with Crippen LogP contribution in [0.4, 0.5) is 0 Å². The molecule has 2 aromatic rings. The fourth-order valence-corrected chi connectivity index (χ4v) is 1.73. The summed E-state index contributed by atoms with van der Waals surface area (Å²) < 4.78 is 9.94. The Labute approximate surface area is 119 Å². The Balaban J connectivity index is 2.39. The Hall–Kier alpha value is -2.89. The van der Waals surface area contributed by atoms with Crippen molar-refractivity contribution >= 4 is 11.6 Å². The monoisotopic (exact) mass is 288 g/mol. The van der Waals surface area contributed by atoms with Crippen molar-refractivity contribution in [1.82, 2.24) is 0 Å². The van der Waals surface area contributed by atoms with Crippen molar-refractivity contribution < 1.29 is 23.8 Å². The lowest BCUT2D eigenvalue weighted by atomic mass is 10.0. The average Bonchev–Trinajstić information content (AvgIpc) is 2.49. The second-order valence-electron chi connectivity index (χ2n) is 4.29. The SMILES string of the molecule is COc1ccc(C(=O)C(=O)c2oc(C)cc(=O)c2O)cc1. The zero-order valence-electron chi connectivity index (χ0n) is 11.4. The summed E-state index contributed by atoms with van der Waals surface area (Å²) >= 11 is 0. The first-order chi connectivity index (χ1) is 9.93. The van der Waals surface area contributed by atoms with Gasteiger partial charge >= 0.3 is 0 Å². The first-order valence-corrected chi connectivity index (χ1v) is 6.01. The van der Waals surface area contributed by atoms with E-state index in [-0.39, 0.29) is 11.3 Å². The maximum atomic E-state index is 12.1. The largest absolute Gasteiger partial charge is 0.501 e. The number of Topliss-reactive ketones (excluding diaryl/α,β-unsaturated/α-hetero) is 2. The van der Waals surface area contributed by atoms with E-state index in [4.69, 9.17) is 9.15 Å². The smallest absolute Gasteiger partial charge is 0.272 e. The molecule has 1 aromatic heterocycles. The molecule has 21 heavy (non-hydrogen) atoms. The number of carbonyl (C=O) groups is 2. The third-order valence-electron chi connectivity index (χ3n) is 2.81. The van der Waals surface area contributed by atoms with Crippen molar-refractivity contribution in [3.8, 4) is 11.5 Å². The van der Waals surface area contributed by atoms with Gasteiger partial charge in [0.25, 0.3) is 5.78 Å². The summed E-state index contributed by atoms with van der Waals surface area (Å²) in [5, 5.41) is 9.57. The van der Waals surface area contributed by atoms with E-state index in [0.29, 0.717) is 5.75 Å². The average molecular weight is 288 g/mol. The minimum absolute atomic E-state index is 0.101. The maximum Gasteiger partial charge on any atom is 0.272 e. The van der Waals surface area contributed by atoms with Crippen molar-refractivity contribution in [2.45, 2.75) is 6.92 Å². The van der Waals surface area contributed by atoms with E-state index < -0.39 is 28.5 Å². The zero-order chi connectivity index (χ0) is 15.6. The Kier molecular flexibility index (Phi) is 3.89. The summed E-state index contributed by atoms with van der Waals surface area (Å²) in [5.41, 5.74) is -0.672. The Bertz CT molecular complexity index is 755. The third kappa shape index (κ3) is 2.84. The van der Waals surface area contributed by atoms with Gasteiger partial charge in [-0.25, -0.2) is 0 Å². The second kappa shape index (κ2) is 5.62. The molecule has 1 aromatic carbocycles. The van der Waals surface area contributed by atoms with Gasteiger partial charge in [0.05, 0.1) is 7.11 Å². The van der Waals surface area contributed by atoms with Gasteiger partial charge in [-0.2, -0.15) is 0 Å². The normalized spacial score (nSPS) is 10.2. The first kappa shape index (κ1) is 14.5. The fourth-order valence-electron chi connectivity index (χ4n) is 1.73. The van der Waals surface area contributed by atoms with Gasteiger partial charge < -0.3 is 14.3 Å². The number of rotatable bonds is 4. The summed E-state index contributed by atoms with van der Waals surface area (Å²) in [7, 11) is 1.47. The maximum absolute atomic E-state index is 12.1. The number of ether oxygens (including phenoxy) is 1. The topological polar surface area (TPSA) is 93.8 Å². The number of hydrogen-bond acceptors (Lipinski definition) is 6. The summed E-state index contributed by atoms with van der Waals surface area (Å²) in [6.45, 7) is 1.44.